The lowest BCUT2D eigenvalue weighted by molar-refractivity contribution is -0.384. The second kappa shape index (κ2) is 7.63. The largest absolute Gasteiger partial charge is 0.348 e. The van der Waals surface area contributed by atoms with Gasteiger partial charge in [0.1, 0.15) is 0 Å². The Bertz CT molecular complexity index is 970. The molecule has 1 aromatic heterocycles. The van der Waals surface area contributed by atoms with Gasteiger partial charge in [0.05, 0.1) is 26.2 Å². The molecule has 132 valence electrons. The van der Waals surface area contributed by atoms with Crippen molar-refractivity contribution < 1.29 is 9.72 Å². The van der Waals surface area contributed by atoms with Gasteiger partial charge in [0, 0.05) is 29.6 Å². The smallest absolute Gasteiger partial charge is 0.270 e. The summed E-state index contributed by atoms with van der Waals surface area (Å²) < 4.78 is 0. The predicted octanol–water partition coefficient (Wildman–Crippen LogP) is 4.61. The third-order valence-electron chi connectivity index (χ3n) is 3.73. The maximum absolute atomic E-state index is 12.2. The molecule has 2 aromatic carbocycles. The van der Waals surface area contributed by atoms with E-state index in [0.29, 0.717) is 6.54 Å². The third kappa shape index (κ3) is 4.07. The van der Waals surface area contributed by atoms with Crippen molar-refractivity contribution in [1.82, 2.24) is 10.3 Å². The normalized spacial score (nSPS) is 10.5. The van der Waals surface area contributed by atoms with Crippen molar-refractivity contribution in [1.29, 1.82) is 0 Å². The summed E-state index contributed by atoms with van der Waals surface area (Å²) in [6.07, 6.45) is 0. The molecule has 0 spiro atoms. The topological polar surface area (TPSA) is 85.1 Å². The Morgan fingerprint density at radius 3 is 2.58 bits per heavy atom. The van der Waals surface area contributed by atoms with E-state index in [9.17, 15) is 14.9 Å². The average Bonchev–Trinajstić information content (AvgIpc) is 3.06. The Balaban J connectivity index is 1.65. The highest BCUT2D eigenvalue weighted by Gasteiger charge is 2.14. The van der Waals surface area contributed by atoms with Gasteiger partial charge in [-0.05, 0) is 18.6 Å². The minimum atomic E-state index is -0.557. The number of thiazole rings is 1. The van der Waals surface area contributed by atoms with E-state index >= 15 is 0 Å². The molecule has 1 heterocycles. The molecule has 6 nitrogen and oxygen atoms in total. The first-order valence-corrected chi connectivity index (χ1v) is 8.93. The molecule has 0 fully saturated rings. The minimum Gasteiger partial charge on any atom is -0.348 e. The lowest BCUT2D eigenvalue weighted by Gasteiger charge is -2.07. The van der Waals surface area contributed by atoms with Crippen LogP contribution in [0.5, 0.6) is 0 Å². The summed E-state index contributed by atoms with van der Waals surface area (Å²) in [6, 6.07) is 11.5. The van der Waals surface area contributed by atoms with Crippen molar-refractivity contribution >= 4 is 34.5 Å². The number of non-ortho nitro benzene ring substituents is 1. The van der Waals surface area contributed by atoms with Crippen molar-refractivity contribution in [3.8, 4) is 11.3 Å². The van der Waals surface area contributed by atoms with Gasteiger partial charge in [-0.25, -0.2) is 4.98 Å². The second-order valence-electron chi connectivity index (χ2n) is 5.55. The number of hydrogen-bond acceptors (Lipinski definition) is 5. The van der Waals surface area contributed by atoms with Gasteiger partial charge in [0.2, 0.25) is 0 Å². The maximum Gasteiger partial charge on any atom is 0.270 e. The molecule has 0 aliphatic heterocycles. The van der Waals surface area contributed by atoms with Crippen molar-refractivity contribution in [3.63, 3.8) is 0 Å². The number of nitro groups is 1. The highest BCUT2D eigenvalue weighted by molar-refractivity contribution is 7.09. The molecule has 1 amide bonds. The summed E-state index contributed by atoms with van der Waals surface area (Å²) in [4.78, 5) is 26.8. The van der Waals surface area contributed by atoms with Crippen LogP contribution in [0.25, 0.3) is 11.3 Å². The number of aromatic nitrogens is 1. The fourth-order valence-corrected chi connectivity index (χ4v) is 3.25. The number of nitrogens with zero attached hydrogens (tertiary/aromatic N) is 2. The number of nitro benzene ring substituents is 1. The van der Waals surface area contributed by atoms with E-state index in [2.05, 4.69) is 10.3 Å². The van der Waals surface area contributed by atoms with Crippen LogP contribution in [0.3, 0.4) is 0 Å². The summed E-state index contributed by atoms with van der Waals surface area (Å²) in [6.45, 7) is 2.28. The summed E-state index contributed by atoms with van der Waals surface area (Å²) in [5.74, 6) is -0.385. The molecular formula is C18H14ClN3O3S. The quantitative estimate of drug-likeness (QED) is 0.511. The molecular weight excluding hydrogens is 374 g/mol. The van der Waals surface area contributed by atoms with E-state index in [1.54, 1.807) is 11.3 Å². The molecule has 0 unspecified atom stereocenters. The molecule has 8 heteroatoms. The van der Waals surface area contributed by atoms with E-state index in [4.69, 9.17) is 11.6 Å². The first-order valence-electron chi connectivity index (χ1n) is 7.67. The molecule has 0 bridgehead atoms. The predicted molar refractivity (Wildman–Crippen MR) is 102 cm³/mol. The number of carbonyl (C=O) groups excluding carboxylic acids is 1. The van der Waals surface area contributed by atoms with Crippen molar-refractivity contribution in [2.24, 2.45) is 0 Å². The Morgan fingerprint density at radius 1 is 1.27 bits per heavy atom. The molecule has 3 rings (SSSR count). The van der Waals surface area contributed by atoms with Gasteiger partial charge in [0.15, 0.2) is 0 Å². The van der Waals surface area contributed by atoms with E-state index in [-0.39, 0.29) is 22.2 Å². The highest BCUT2D eigenvalue weighted by atomic mass is 35.5. The fraction of sp³-hybridized carbons (Fsp3) is 0.111. The van der Waals surface area contributed by atoms with Crippen LogP contribution in [0.1, 0.15) is 20.9 Å². The molecule has 0 aliphatic rings. The summed E-state index contributed by atoms with van der Waals surface area (Å²) in [5.41, 5.74) is 2.92. The van der Waals surface area contributed by atoms with E-state index < -0.39 is 4.92 Å². The van der Waals surface area contributed by atoms with E-state index in [0.717, 1.165) is 21.8 Å². The van der Waals surface area contributed by atoms with E-state index in [1.807, 2.05) is 36.6 Å². The Morgan fingerprint density at radius 2 is 2.00 bits per heavy atom. The monoisotopic (exact) mass is 387 g/mol. The number of rotatable bonds is 5. The fourth-order valence-electron chi connectivity index (χ4n) is 2.37. The van der Waals surface area contributed by atoms with Gasteiger partial charge in [-0.15, -0.1) is 11.3 Å². The highest BCUT2D eigenvalue weighted by Crippen LogP contribution is 2.23. The van der Waals surface area contributed by atoms with Crippen LogP contribution in [-0.2, 0) is 6.54 Å². The van der Waals surface area contributed by atoms with Crippen LogP contribution in [-0.4, -0.2) is 15.8 Å². The van der Waals surface area contributed by atoms with Crippen molar-refractivity contribution in [2.45, 2.75) is 13.5 Å². The zero-order valence-electron chi connectivity index (χ0n) is 13.7. The average molecular weight is 388 g/mol. The Kier molecular flexibility index (Phi) is 5.29. The van der Waals surface area contributed by atoms with Gasteiger partial charge in [-0.3, -0.25) is 14.9 Å². The lowest BCUT2D eigenvalue weighted by Crippen LogP contribution is -2.23. The van der Waals surface area contributed by atoms with Gasteiger partial charge in [-0.1, -0.05) is 35.9 Å². The van der Waals surface area contributed by atoms with Crippen molar-refractivity contribution in [2.75, 3.05) is 0 Å². The minimum absolute atomic E-state index is 0.0472. The first-order chi connectivity index (χ1) is 12.4. The molecule has 0 saturated carbocycles. The SMILES string of the molecule is Cc1nc(-c2ccc(CNC(=O)c3ccc([N+](=O)[O-])cc3Cl)cc2)cs1. The number of benzene rings is 2. The molecule has 0 atom stereocenters. The number of nitrogens with one attached hydrogen (secondary N) is 1. The number of halogens is 1. The van der Waals surface area contributed by atoms with E-state index in [1.165, 1.54) is 18.2 Å². The first kappa shape index (κ1) is 18.0. The Hall–Kier alpha value is -2.77. The zero-order chi connectivity index (χ0) is 18.7. The molecule has 1 N–H and O–H groups in total. The number of amides is 1. The van der Waals surface area contributed by atoms with Crippen LogP contribution in [0.4, 0.5) is 5.69 Å². The number of carbonyl (C=O) groups is 1. The van der Waals surface area contributed by atoms with Crippen LogP contribution in [0, 0.1) is 17.0 Å². The van der Waals surface area contributed by atoms with Gasteiger partial charge >= 0.3 is 0 Å². The molecule has 26 heavy (non-hydrogen) atoms. The summed E-state index contributed by atoms with van der Waals surface area (Å²) >= 11 is 7.57. The molecule has 3 aromatic rings. The number of hydrogen-bond donors (Lipinski definition) is 1. The van der Waals surface area contributed by atoms with Crippen LogP contribution >= 0.6 is 22.9 Å². The summed E-state index contributed by atoms with van der Waals surface area (Å²) in [5, 5.41) is 16.5. The lowest BCUT2D eigenvalue weighted by atomic mass is 10.1. The number of aryl methyl sites for hydroxylation is 1. The molecule has 0 saturated heterocycles. The standard InChI is InChI=1S/C18H14ClN3O3S/c1-11-21-17(10-26-11)13-4-2-12(3-5-13)9-20-18(23)15-7-6-14(22(24)25)8-16(15)19/h2-8,10H,9H2,1H3,(H,20,23). The van der Waals surface area contributed by atoms with Crippen LogP contribution in [0.15, 0.2) is 47.8 Å². The zero-order valence-corrected chi connectivity index (χ0v) is 15.3. The van der Waals surface area contributed by atoms with Crippen LogP contribution < -0.4 is 5.32 Å². The molecule has 0 aliphatic carbocycles. The maximum atomic E-state index is 12.2. The van der Waals surface area contributed by atoms with Crippen LogP contribution in [0.2, 0.25) is 5.02 Å². The summed E-state index contributed by atoms with van der Waals surface area (Å²) in [7, 11) is 0. The van der Waals surface area contributed by atoms with Gasteiger partial charge in [-0.2, -0.15) is 0 Å². The van der Waals surface area contributed by atoms with Gasteiger partial charge in [0.25, 0.3) is 11.6 Å². The second-order valence-corrected chi connectivity index (χ2v) is 7.02. The van der Waals surface area contributed by atoms with Gasteiger partial charge < -0.3 is 5.32 Å². The van der Waals surface area contributed by atoms with Crippen molar-refractivity contribution in [3.05, 3.63) is 79.1 Å². The Labute approximate surface area is 158 Å². The molecule has 0 radical (unpaired) electrons. The third-order valence-corrected chi connectivity index (χ3v) is 4.82.